The number of benzene rings is 2. The molecule has 0 aliphatic carbocycles. The predicted octanol–water partition coefficient (Wildman–Crippen LogP) is 3.73. The van der Waals surface area contributed by atoms with Crippen LogP contribution in [0.25, 0.3) is 11.0 Å². The summed E-state index contributed by atoms with van der Waals surface area (Å²) in [5.41, 5.74) is 3.23. The van der Waals surface area contributed by atoms with E-state index < -0.39 is 0 Å². The van der Waals surface area contributed by atoms with E-state index in [9.17, 15) is 4.79 Å². The number of furan rings is 1. The fourth-order valence-electron chi connectivity index (χ4n) is 2.99. The molecule has 0 radical (unpaired) electrons. The number of para-hydroxylation sites is 1. The molecule has 0 bridgehead atoms. The first-order chi connectivity index (χ1) is 14.0. The first-order valence-electron chi connectivity index (χ1n) is 9.78. The maximum atomic E-state index is 11.9. The topological polar surface area (TPSA) is 69.9 Å². The molecule has 6 nitrogen and oxygen atoms in total. The lowest BCUT2D eigenvalue weighted by Gasteiger charge is -2.13. The number of fused-ring (bicyclic) bond motifs is 1. The van der Waals surface area contributed by atoms with E-state index in [4.69, 9.17) is 4.42 Å². The first-order valence-corrected chi connectivity index (χ1v) is 9.78. The van der Waals surface area contributed by atoms with Crippen LogP contribution < -0.4 is 10.6 Å². The number of nitrogens with one attached hydrogen (secondary N) is 2. The standard InChI is InChI=1S/C23H28N4O2.HI/c1-17-19-11-7-8-12-20(19)29-21(17)15-25-23(26-16-22(28)27(2)3)24-14-13-18-9-5-4-6-10-18;/h4-12H,13-16H2,1-3H3,(H2,24,25,26);1H. The Morgan fingerprint density at radius 2 is 1.73 bits per heavy atom. The van der Waals surface area contributed by atoms with Crippen molar-refractivity contribution in [2.75, 3.05) is 27.2 Å². The number of aliphatic imine (C=N–C) groups is 1. The van der Waals surface area contributed by atoms with Gasteiger partial charge in [0.05, 0.1) is 6.54 Å². The van der Waals surface area contributed by atoms with Gasteiger partial charge in [0, 0.05) is 31.6 Å². The molecule has 160 valence electrons. The number of hydrogen-bond acceptors (Lipinski definition) is 3. The molecule has 1 amide bonds. The molecule has 2 N–H and O–H groups in total. The van der Waals surface area contributed by atoms with Crippen LogP contribution >= 0.6 is 24.0 Å². The number of guanidine groups is 1. The molecule has 7 heteroatoms. The fraction of sp³-hybridized carbons (Fsp3) is 0.304. The second kappa shape index (κ2) is 11.6. The molecule has 0 spiro atoms. The van der Waals surface area contributed by atoms with Crippen LogP contribution in [0, 0.1) is 6.92 Å². The summed E-state index contributed by atoms with van der Waals surface area (Å²) in [6, 6.07) is 18.3. The van der Waals surface area contributed by atoms with Crippen molar-refractivity contribution in [3.63, 3.8) is 0 Å². The van der Waals surface area contributed by atoms with Gasteiger partial charge in [0.25, 0.3) is 0 Å². The molecule has 0 aliphatic heterocycles. The largest absolute Gasteiger partial charge is 0.459 e. The van der Waals surface area contributed by atoms with Crippen LogP contribution in [-0.4, -0.2) is 44.0 Å². The van der Waals surface area contributed by atoms with Crippen molar-refractivity contribution in [2.24, 2.45) is 4.99 Å². The third-order valence-corrected chi connectivity index (χ3v) is 4.78. The number of nitrogens with zero attached hydrogens (tertiary/aromatic N) is 2. The Labute approximate surface area is 194 Å². The van der Waals surface area contributed by atoms with E-state index in [0.717, 1.165) is 28.7 Å². The number of aryl methyl sites for hydroxylation is 1. The zero-order valence-corrected chi connectivity index (χ0v) is 20.0. The lowest BCUT2D eigenvalue weighted by atomic mass is 10.1. The quantitative estimate of drug-likeness (QED) is 0.283. The molecule has 1 heterocycles. The zero-order valence-electron chi connectivity index (χ0n) is 17.6. The van der Waals surface area contributed by atoms with E-state index in [2.05, 4.69) is 40.7 Å². The number of rotatable bonds is 7. The molecule has 3 rings (SSSR count). The van der Waals surface area contributed by atoms with Gasteiger partial charge in [-0.15, -0.1) is 24.0 Å². The summed E-state index contributed by atoms with van der Waals surface area (Å²) in [6.45, 7) is 3.35. The number of amides is 1. The molecular weight excluding hydrogens is 491 g/mol. The summed E-state index contributed by atoms with van der Waals surface area (Å²) >= 11 is 0. The molecule has 0 atom stereocenters. The van der Waals surface area contributed by atoms with Crippen LogP contribution in [0.2, 0.25) is 0 Å². The number of carbonyl (C=O) groups is 1. The Kier molecular flexibility index (Phi) is 9.16. The monoisotopic (exact) mass is 520 g/mol. The normalized spacial score (nSPS) is 11.1. The Morgan fingerprint density at radius 1 is 1.03 bits per heavy atom. The van der Waals surface area contributed by atoms with E-state index in [0.29, 0.717) is 19.0 Å². The average molecular weight is 520 g/mol. The van der Waals surface area contributed by atoms with Crippen LogP contribution in [0.3, 0.4) is 0 Å². The first kappa shape index (κ1) is 23.7. The molecule has 0 aliphatic rings. The molecule has 0 saturated carbocycles. The van der Waals surface area contributed by atoms with E-state index in [1.54, 1.807) is 14.1 Å². The van der Waals surface area contributed by atoms with Gasteiger partial charge in [0.1, 0.15) is 17.9 Å². The lowest BCUT2D eigenvalue weighted by Crippen LogP contribution is -2.39. The van der Waals surface area contributed by atoms with E-state index in [1.807, 2.05) is 36.4 Å². The summed E-state index contributed by atoms with van der Waals surface area (Å²) < 4.78 is 5.97. The molecular formula is C23H29IN4O2. The molecule has 0 unspecified atom stereocenters. The summed E-state index contributed by atoms with van der Waals surface area (Å²) in [5, 5.41) is 7.72. The van der Waals surface area contributed by atoms with Crippen LogP contribution in [0.4, 0.5) is 0 Å². The van der Waals surface area contributed by atoms with Gasteiger partial charge in [0.2, 0.25) is 5.91 Å². The number of halogens is 1. The van der Waals surface area contributed by atoms with Crippen molar-refractivity contribution in [3.8, 4) is 0 Å². The second-order valence-electron chi connectivity index (χ2n) is 7.12. The summed E-state index contributed by atoms with van der Waals surface area (Å²) in [5.74, 6) is 1.41. The van der Waals surface area contributed by atoms with Crippen LogP contribution in [0.1, 0.15) is 16.9 Å². The van der Waals surface area contributed by atoms with Crippen molar-refractivity contribution >= 4 is 46.8 Å². The van der Waals surface area contributed by atoms with Gasteiger partial charge in [-0.1, -0.05) is 48.5 Å². The Balaban J connectivity index is 0.00000320. The highest BCUT2D eigenvalue weighted by Crippen LogP contribution is 2.24. The van der Waals surface area contributed by atoms with Gasteiger partial charge in [0.15, 0.2) is 5.96 Å². The molecule has 2 aromatic carbocycles. The van der Waals surface area contributed by atoms with Crippen molar-refractivity contribution in [3.05, 3.63) is 71.5 Å². The van der Waals surface area contributed by atoms with Gasteiger partial charge in [-0.25, -0.2) is 4.99 Å². The number of likely N-dealkylation sites (N-methyl/N-ethyl adjacent to an activating group) is 1. The van der Waals surface area contributed by atoms with Crippen LogP contribution in [0.15, 0.2) is 64.0 Å². The van der Waals surface area contributed by atoms with Gasteiger partial charge in [-0.2, -0.15) is 0 Å². The maximum absolute atomic E-state index is 11.9. The number of hydrogen-bond donors (Lipinski definition) is 2. The Hall–Kier alpha value is -2.55. The highest BCUT2D eigenvalue weighted by atomic mass is 127. The van der Waals surface area contributed by atoms with Gasteiger partial charge >= 0.3 is 0 Å². The fourth-order valence-corrected chi connectivity index (χ4v) is 2.99. The van der Waals surface area contributed by atoms with E-state index in [1.165, 1.54) is 10.5 Å². The average Bonchev–Trinajstić information content (AvgIpc) is 3.06. The van der Waals surface area contributed by atoms with Crippen LogP contribution in [0.5, 0.6) is 0 Å². The second-order valence-corrected chi connectivity index (χ2v) is 7.12. The Bertz CT molecular complexity index is 983. The van der Waals surface area contributed by atoms with Gasteiger partial charge in [-0.05, 0) is 25.0 Å². The van der Waals surface area contributed by atoms with Gasteiger partial charge < -0.3 is 20.0 Å². The highest BCUT2D eigenvalue weighted by Gasteiger charge is 2.11. The smallest absolute Gasteiger partial charge is 0.243 e. The zero-order chi connectivity index (χ0) is 20.6. The maximum Gasteiger partial charge on any atom is 0.243 e. The van der Waals surface area contributed by atoms with Crippen molar-refractivity contribution in [1.82, 2.24) is 15.5 Å². The lowest BCUT2D eigenvalue weighted by molar-refractivity contribution is -0.127. The SMILES string of the molecule is Cc1c(CNC(=NCC(=O)N(C)C)NCCc2ccccc2)oc2ccccc12.I. The van der Waals surface area contributed by atoms with Crippen molar-refractivity contribution in [2.45, 2.75) is 19.9 Å². The minimum atomic E-state index is -0.0472. The molecule has 30 heavy (non-hydrogen) atoms. The molecule has 0 fully saturated rings. The number of carbonyl (C=O) groups excluding carboxylic acids is 1. The van der Waals surface area contributed by atoms with E-state index in [-0.39, 0.29) is 36.4 Å². The minimum absolute atomic E-state index is 0. The molecule has 3 aromatic rings. The van der Waals surface area contributed by atoms with Crippen LogP contribution in [-0.2, 0) is 17.8 Å². The molecule has 0 saturated heterocycles. The van der Waals surface area contributed by atoms with Crippen molar-refractivity contribution < 1.29 is 9.21 Å². The summed E-state index contributed by atoms with van der Waals surface area (Å²) in [7, 11) is 3.46. The Morgan fingerprint density at radius 3 is 2.43 bits per heavy atom. The summed E-state index contributed by atoms with van der Waals surface area (Å²) in [4.78, 5) is 17.9. The van der Waals surface area contributed by atoms with E-state index >= 15 is 0 Å². The van der Waals surface area contributed by atoms with Crippen molar-refractivity contribution in [1.29, 1.82) is 0 Å². The predicted molar refractivity (Wildman–Crippen MR) is 132 cm³/mol. The summed E-state index contributed by atoms with van der Waals surface area (Å²) in [6.07, 6.45) is 0.868. The third-order valence-electron chi connectivity index (χ3n) is 4.78. The minimum Gasteiger partial charge on any atom is -0.459 e. The third kappa shape index (κ3) is 6.48. The van der Waals surface area contributed by atoms with Gasteiger partial charge in [-0.3, -0.25) is 4.79 Å². The molecule has 1 aromatic heterocycles. The highest BCUT2D eigenvalue weighted by molar-refractivity contribution is 14.0.